The maximum Gasteiger partial charge on any atom is 0.500 e. The topological polar surface area (TPSA) is 46.2 Å². The third-order valence-electron chi connectivity index (χ3n) is 5.11. The smallest absolute Gasteiger partial charge is 0.458 e. The van der Waals surface area contributed by atoms with Gasteiger partial charge in [0.1, 0.15) is 0 Å². The molecule has 170 valence electrons. The first kappa shape index (κ1) is 28.9. The standard InChI is InChI=1S/C18H48O5Si5/c1-19-28(20-2,21-3)18-14-17-27(10,11)23-26(8,9)16-13-12-15-25(6,7)22-24(4)5/h24H,12-18H2,1-11H3. The number of rotatable bonds is 16. The van der Waals surface area contributed by atoms with Gasteiger partial charge < -0.3 is 21.5 Å². The molecule has 10 heteroatoms. The van der Waals surface area contributed by atoms with Crippen LogP contribution in [0.2, 0.25) is 76.6 Å². The number of hydrogen-bond donors (Lipinski definition) is 0. The number of unbranched alkanes of at least 4 members (excludes halogenated alkanes) is 1. The van der Waals surface area contributed by atoms with E-state index in [2.05, 4.69) is 52.4 Å². The van der Waals surface area contributed by atoms with Crippen molar-refractivity contribution in [3.05, 3.63) is 0 Å². The van der Waals surface area contributed by atoms with Crippen molar-refractivity contribution in [3.63, 3.8) is 0 Å². The Balaban J connectivity index is 4.38. The Kier molecular flexibility index (Phi) is 13.1. The average molecular weight is 485 g/mol. The zero-order valence-electron chi connectivity index (χ0n) is 20.6. The van der Waals surface area contributed by atoms with E-state index in [0.29, 0.717) is 0 Å². The van der Waals surface area contributed by atoms with Gasteiger partial charge in [0.05, 0.1) is 0 Å². The van der Waals surface area contributed by atoms with Crippen molar-refractivity contribution in [2.24, 2.45) is 0 Å². The van der Waals surface area contributed by atoms with Crippen molar-refractivity contribution in [2.45, 2.75) is 95.8 Å². The first-order chi connectivity index (χ1) is 12.7. The minimum absolute atomic E-state index is 0.858. The van der Waals surface area contributed by atoms with Gasteiger partial charge in [-0.2, -0.15) is 0 Å². The van der Waals surface area contributed by atoms with Crippen LogP contribution in [0, 0.1) is 0 Å². The van der Waals surface area contributed by atoms with Crippen molar-refractivity contribution in [3.8, 4) is 0 Å². The summed E-state index contributed by atoms with van der Waals surface area (Å²) >= 11 is 0. The van der Waals surface area contributed by atoms with Crippen LogP contribution in [0.3, 0.4) is 0 Å². The summed E-state index contributed by atoms with van der Waals surface area (Å²) in [5.74, 6) is 0. The van der Waals surface area contributed by atoms with Gasteiger partial charge in [0.15, 0.2) is 34.0 Å². The van der Waals surface area contributed by atoms with E-state index < -0.39 is 42.8 Å². The van der Waals surface area contributed by atoms with Gasteiger partial charge >= 0.3 is 8.80 Å². The first-order valence-electron chi connectivity index (χ1n) is 10.8. The molecule has 0 aliphatic rings. The van der Waals surface area contributed by atoms with E-state index in [4.69, 9.17) is 21.5 Å². The molecule has 0 aromatic heterocycles. The van der Waals surface area contributed by atoms with Crippen molar-refractivity contribution in [2.75, 3.05) is 21.3 Å². The van der Waals surface area contributed by atoms with Crippen LogP contribution in [0.25, 0.3) is 0 Å². The zero-order chi connectivity index (χ0) is 22.1. The van der Waals surface area contributed by atoms with Crippen LogP contribution in [0.5, 0.6) is 0 Å². The predicted molar refractivity (Wildman–Crippen MR) is 133 cm³/mol. The van der Waals surface area contributed by atoms with Gasteiger partial charge in [-0.1, -0.05) is 12.8 Å². The molecule has 0 saturated heterocycles. The predicted octanol–water partition coefficient (Wildman–Crippen LogP) is 5.67. The second kappa shape index (κ2) is 12.7. The fourth-order valence-electron chi connectivity index (χ4n) is 3.94. The van der Waals surface area contributed by atoms with Gasteiger partial charge in [-0.25, -0.2) is 0 Å². The molecule has 0 radical (unpaired) electrons. The molecule has 0 saturated carbocycles. The van der Waals surface area contributed by atoms with Crippen LogP contribution in [0.1, 0.15) is 19.3 Å². The van der Waals surface area contributed by atoms with Gasteiger partial charge in [0, 0.05) is 27.4 Å². The number of hydrogen-bond acceptors (Lipinski definition) is 5. The van der Waals surface area contributed by atoms with Crippen LogP contribution in [-0.2, 0) is 21.5 Å². The van der Waals surface area contributed by atoms with Crippen LogP contribution >= 0.6 is 0 Å². The van der Waals surface area contributed by atoms with Crippen molar-refractivity contribution >= 4 is 42.8 Å². The highest BCUT2D eigenvalue weighted by molar-refractivity contribution is 6.85. The first-order valence-corrected chi connectivity index (χ1v) is 24.8. The fraction of sp³-hybridized carbons (Fsp3) is 1.00. The summed E-state index contributed by atoms with van der Waals surface area (Å²) in [6, 6.07) is 4.51. The van der Waals surface area contributed by atoms with E-state index in [1.165, 1.54) is 24.9 Å². The van der Waals surface area contributed by atoms with Crippen molar-refractivity contribution in [1.82, 2.24) is 0 Å². The van der Waals surface area contributed by atoms with E-state index in [1.54, 1.807) is 21.3 Å². The maximum absolute atomic E-state index is 6.80. The summed E-state index contributed by atoms with van der Waals surface area (Å²) in [6.45, 7) is 18.8. The molecule has 28 heavy (non-hydrogen) atoms. The lowest BCUT2D eigenvalue weighted by Crippen LogP contribution is -2.46. The molecule has 0 aromatic rings. The highest BCUT2D eigenvalue weighted by atomic mass is 28.4. The molecule has 0 unspecified atom stereocenters. The average Bonchev–Trinajstić information content (AvgIpc) is 2.54. The normalized spacial score (nSPS) is 14.1. The lowest BCUT2D eigenvalue weighted by atomic mass is 10.4. The highest BCUT2D eigenvalue weighted by Gasteiger charge is 2.39. The summed E-state index contributed by atoms with van der Waals surface area (Å²) < 4.78 is 29.7. The Morgan fingerprint density at radius 3 is 1.36 bits per heavy atom. The summed E-state index contributed by atoms with van der Waals surface area (Å²) in [5, 5.41) is 0. The summed E-state index contributed by atoms with van der Waals surface area (Å²) in [5.41, 5.74) is 0. The molecule has 0 aliphatic heterocycles. The second-order valence-corrected chi connectivity index (χ2v) is 28.9. The monoisotopic (exact) mass is 484 g/mol. The second-order valence-electron chi connectivity index (χ2n) is 9.90. The molecule has 0 heterocycles. The third kappa shape index (κ3) is 12.6. The molecule has 0 bridgehead atoms. The highest BCUT2D eigenvalue weighted by Crippen LogP contribution is 2.28. The molecular weight excluding hydrogens is 437 g/mol. The van der Waals surface area contributed by atoms with Crippen molar-refractivity contribution in [1.29, 1.82) is 0 Å². The van der Waals surface area contributed by atoms with Gasteiger partial charge in [0.2, 0.25) is 0 Å². The van der Waals surface area contributed by atoms with E-state index in [0.717, 1.165) is 18.5 Å². The minimum Gasteiger partial charge on any atom is -0.458 e. The lowest BCUT2D eigenvalue weighted by Gasteiger charge is -2.35. The largest absolute Gasteiger partial charge is 0.500 e. The Bertz CT molecular complexity index is 420. The molecule has 0 aromatic carbocycles. The van der Waals surface area contributed by atoms with E-state index in [-0.39, 0.29) is 0 Å². The molecular formula is C18H48O5Si5. The summed E-state index contributed by atoms with van der Waals surface area (Å²) in [6.07, 6.45) is 3.60. The van der Waals surface area contributed by atoms with Crippen LogP contribution in [-0.4, -0.2) is 64.1 Å². The molecule has 0 rings (SSSR count). The molecule has 0 spiro atoms. The molecule has 0 fully saturated rings. The molecule has 0 N–H and O–H groups in total. The lowest BCUT2D eigenvalue weighted by molar-refractivity contribution is 0.123. The summed E-state index contributed by atoms with van der Waals surface area (Å²) in [4.78, 5) is 0. The van der Waals surface area contributed by atoms with E-state index >= 15 is 0 Å². The quantitative estimate of drug-likeness (QED) is 0.209. The summed E-state index contributed by atoms with van der Waals surface area (Å²) in [7, 11) is -3.07. The Morgan fingerprint density at radius 1 is 0.571 bits per heavy atom. The Hall–Kier alpha value is 0.884. The SMILES string of the molecule is CO[Si](CCC[Si](C)(C)O[Si](C)(C)CCCC[Si](C)(C)O[SiH](C)C)(OC)OC. The Morgan fingerprint density at radius 2 is 0.964 bits per heavy atom. The van der Waals surface area contributed by atoms with E-state index in [9.17, 15) is 0 Å². The van der Waals surface area contributed by atoms with E-state index in [1.807, 2.05) is 0 Å². The van der Waals surface area contributed by atoms with Crippen LogP contribution < -0.4 is 0 Å². The fourth-order valence-corrected chi connectivity index (χ4v) is 21.6. The van der Waals surface area contributed by atoms with Gasteiger partial charge in [-0.3, -0.25) is 0 Å². The van der Waals surface area contributed by atoms with Gasteiger partial charge in [0.25, 0.3) is 0 Å². The third-order valence-corrected chi connectivity index (χ3v) is 21.5. The van der Waals surface area contributed by atoms with Gasteiger partial charge in [-0.15, -0.1) is 0 Å². The van der Waals surface area contributed by atoms with Crippen molar-refractivity contribution < 1.29 is 21.5 Å². The maximum atomic E-state index is 6.80. The van der Waals surface area contributed by atoms with Crippen LogP contribution in [0.4, 0.5) is 0 Å². The van der Waals surface area contributed by atoms with Gasteiger partial charge in [-0.05, 0) is 76.9 Å². The molecule has 5 nitrogen and oxygen atoms in total. The minimum atomic E-state index is -2.46. The molecule has 0 aliphatic carbocycles. The zero-order valence-corrected chi connectivity index (χ0v) is 25.7. The van der Waals surface area contributed by atoms with Crippen LogP contribution in [0.15, 0.2) is 0 Å². The molecule has 0 atom stereocenters. The molecule has 0 amide bonds. The Labute approximate surface area is 181 Å².